The van der Waals surface area contributed by atoms with Crippen LogP contribution in [-0.2, 0) is 18.3 Å². The molecule has 0 fully saturated rings. The zero-order chi connectivity index (χ0) is 11.6. The Morgan fingerprint density at radius 3 is 1.67 bits per heavy atom. The Morgan fingerprint density at radius 2 is 1.40 bits per heavy atom. The lowest BCUT2D eigenvalue weighted by Gasteiger charge is -2.28. The minimum absolute atomic E-state index is 0.574. The highest BCUT2D eigenvalue weighted by Crippen LogP contribution is 2.14. The summed E-state index contributed by atoms with van der Waals surface area (Å²) in [6.45, 7) is 4.41. The molecule has 0 heterocycles. The second-order valence-electron chi connectivity index (χ2n) is 3.10. The van der Waals surface area contributed by atoms with Gasteiger partial charge in [0.1, 0.15) is 0 Å². The summed E-state index contributed by atoms with van der Waals surface area (Å²) in [6.07, 6.45) is 0. The lowest BCUT2D eigenvalue weighted by molar-refractivity contribution is 0.0886. The van der Waals surface area contributed by atoms with Gasteiger partial charge in [0.05, 0.1) is 26.4 Å². The van der Waals surface area contributed by atoms with Gasteiger partial charge in [-0.3, -0.25) is 0 Å². The molecule has 0 aromatic heterocycles. The fraction of sp³-hybridized carbons (Fsp3) is 1.00. The van der Waals surface area contributed by atoms with Gasteiger partial charge in [0.2, 0.25) is 0 Å². The first-order valence-electron chi connectivity index (χ1n) is 5.11. The van der Waals surface area contributed by atoms with Crippen LogP contribution in [0.2, 0.25) is 6.04 Å². The van der Waals surface area contributed by atoms with Crippen LogP contribution in [0.15, 0.2) is 0 Å². The van der Waals surface area contributed by atoms with Crippen molar-refractivity contribution < 1.29 is 18.3 Å². The maximum Gasteiger partial charge on any atom is 0.347 e. The predicted molar refractivity (Wildman–Crippen MR) is 65.7 cm³/mol. The third-order valence-corrected chi connectivity index (χ3v) is 6.55. The molecule has 0 aromatic rings. The Morgan fingerprint density at radius 1 is 0.933 bits per heavy atom. The molecule has 0 aliphatic rings. The van der Waals surface area contributed by atoms with E-state index < -0.39 is 8.56 Å². The summed E-state index contributed by atoms with van der Waals surface area (Å²) in [4.78, 5) is 0. The smallest absolute Gasteiger partial charge is 0.347 e. The molecule has 6 heteroatoms. The lowest BCUT2D eigenvalue weighted by atomic mass is 10.8. The van der Waals surface area contributed by atoms with Crippen molar-refractivity contribution in [2.75, 3.05) is 46.0 Å². The molecule has 0 unspecified atom stereocenters. The zero-order valence-corrected chi connectivity index (χ0v) is 11.7. The third-order valence-electron chi connectivity index (χ3n) is 2.08. The highest BCUT2D eigenvalue weighted by Gasteiger charge is 2.33. The molecule has 0 amide bonds. The van der Waals surface area contributed by atoms with E-state index in [0.29, 0.717) is 31.8 Å². The Hall–Kier alpha value is 0.407. The van der Waals surface area contributed by atoms with Crippen molar-refractivity contribution in [2.24, 2.45) is 0 Å². The molecule has 0 saturated carbocycles. The zero-order valence-electron chi connectivity index (χ0n) is 9.82. The van der Waals surface area contributed by atoms with Crippen molar-refractivity contribution in [2.45, 2.75) is 13.0 Å². The molecular formula is C9H22O4SSi. The SMILES string of the molecule is CC[Si](CS)(OCCOC)OCCOC. The topological polar surface area (TPSA) is 36.9 Å². The van der Waals surface area contributed by atoms with Crippen LogP contribution in [0.25, 0.3) is 0 Å². The van der Waals surface area contributed by atoms with Crippen LogP contribution in [0.4, 0.5) is 0 Å². The van der Waals surface area contributed by atoms with Crippen molar-refractivity contribution in [3.63, 3.8) is 0 Å². The van der Waals surface area contributed by atoms with Crippen molar-refractivity contribution in [3.8, 4) is 0 Å². The predicted octanol–water partition coefficient (Wildman–Crippen LogP) is 1.24. The summed E-state index contributed by atoms with van der Waals surface area (Å²) in [5.41, 5.74) is 0. The summed E-state index contributed by atoms with van der Waals surface area (Å²) >= 11 is 4.32. The van der Waals surface area contributed by atoms with E-state index in [2.05, 4.69) is 19.6 Å². The molecule has 0 aliphatic heterocycles. The molecule has 92 valence electrons. The quantitative estimate of drug-likeness (QED) is 0.362. The number of ether oxygens (including phenoxy) is 2. The molecule has 4 nitrogen and oxygen atoms in total. The molecular weight excluding hydrogens is 232 g/mol. The first-order chi connectivity index (χ1) is 7.24. The lowest BCUT2D eigenvalue weighted by Crippen LogP contribution is -2.45. The minimum atomic E-state index is -2.11. The second-order valence-corrected chi connectivity index (χ2v) is 7.48. The summed E-state index contributed by atoms with van der Waals surface area (Å²) in [6, 6.07) is 0.893. The first kappa shape index (κ1) is 15.4. The maximum absolute atomic E-state index is 5.77. The summed E-state index contributed by atoms with van der Waals surface area (Å²) in [5, 5.41) is 0.664. The van der Waals surface area contributed by atoms with E-state index in [9.17, 15) is 0 Å². The standard InChI is InChI=1S/C9H22O4SSi/c1-4-15(9-14,12-7-5-10-2)13-8-6-11-3/h14H,4-9H2,1-3H3. The number of thiol groups is 1. The molecule has 0 atom stereocenters. The van der Waals surface area contributed by atoms with Gasteiger partial charge < -0.3 is 18.3 Å². The fourth-order valence-electron chi connectivity index (χ4n) is 1.07. The monoisotopic (exact) mass is 254 g/mol. The summed E-state index contributed by atoms with van der Waals surface area (Å²) in [5.74, 6) is 0. The van der Waals surface area contributed by atoms with E-state index in [-0.39, 0.29) is 0 Å². The van der Waals surface area contributed by atoms with E-state index in [1.807, 2.05) is 0 Å². The number of hydrogen-bond acceptors (Lipinski definition) is 5. The van der Waals surface area contributed by atoms with Gasteiger partial charge in [-0.1, -0.05) is 6.92 Å². The van der Waals surface area contributed by atoms with Crippen molar-refractivity contribution in [3.05, 3.63) is 0 Å². The molecule has 0 radical (unpaired) electrons. The second kappa shape index (κ2) is 9.62. The van der Waals surface area contributed by atoms with Gasteiger partial charge in [0, 0.05) is 19.6 Å². The number of hydrogen-bond donors (Lipinski definition) is 1. The van der Waals surface area contributed by atoms with Gasteiger partial charge in [0.15, 0.2) is 0 Å². The minimum Gasteiger partial charge on any atom is -0.391 e. The average Bonchev–Trinajstić information content (AvgIpc) is 2.28. The van der Waals surface area contributed by atoms with E-state index in [1.54, 1.807) is 14.2 Å². The van der Waals surface area contributed by atoms with Crippen LogP contribution in [0, 0.1) is 0 Å². The first-order valence-corrected chi connectivity index (χ1v) is 7.97. The van der Waals surface area contributed by atoms with E-state index >= 15 is 0 Å². The molecule has 0 spiro atoms. The van der Waals surface area contributed by atoms with Gasteiger partial charge in [-0.15, -0.1) is 0 Å². The van der Waals surface area contributed by atoms with Crippen LogP contribution in [0.5, 0.6) is 0 Å². The van der Waals surface area contributed by atoms with Crippen LogP contribution in [0.1, 0.15) is 6.92 Å². The Bertz CT molecular complexity index is 132. The van der Waals surface area contributed by atoms with Crippen LogP contribution >= 0.6 is 12.6 Å². The molecule has 0 aromatic carbocycles. The van der Waals surface area contributed by atoms with E-state index in [4.69, 9.17) is 18.3 Å². The Labute approximate surface area is 98.9 Å². The van der Waals surface area contributed by atoms with Crippen LogP contribution in [-0.4, -0.2) is 54.6 Å². The third kappa shape index (κ3) is 6.55. The molecule has 15 heavy (non-hydrogen) atoms. The van der Waals surface area contributed by atoms with Crippen LogP contribution in [0.3, 0.4) is 0 Å². The average molecular weight is 254 g/mol. The van der Waals surface area contributed by atoms with Crippen molar-refractivity contribution in [1.82, 2.24) is 0 Å². The van der Waals surface area contributed by atoms with Gasteiger partial charge >= 0.3 is 8.56 Å². The molecule has 0 N–H and O–H groups in total. The largest absolute Gasteiger partial charge is 0.391 e. The highest BCUT2D eigenvalue weighted by atomic mass is 32.1. The van der Waals surface area contributed by atoms with Gasteiger partial charge in [-0.2, -0.15) is 12.6 Å². The number of methoxy groups -OCH3 is 2. The Balaban J connectivity index is 3.93. The normalized spacial score (nSPS) is 12.0. The molecule has 0 saturated heterocycles. The van der Waals surface area contributed by atoms with Crippen LogP contribution < -0.4 is 0 Å². The maximum atomic E-state index is 5.77. The fourth-order valence-corrected chi connectivity index (χ4v) is 4.10. The molecule has 0 aliphatic carbocycles. The number of rotatable bonds is 10. The van der Waals surface area contributed by atoms with Gasteiger partial charge in [0.25, 0.3) is 0 Å². The molecule has 0 bridgehead atoms. The van der Waals surface area contributed by atoms with Gasteiger partial charge in [-0.25, -0.2) is 0 Å². The highest BCUT2D eigenvalue weighted by molar-refractivity contribution is 7.82. The van der Waals surface area contributed by atoms with E-state index in [1.165, 1.54) is 0 Å². The summed E-state index contributed by atoms with van der Waals surface area (Å²) < 4.78 is 21.4. The van der Waals surface area contributed by atoms with Crippen molar-refractivity contribution >= 4 is 21.2 Å². The molecule has 0 rings (SSSR count). The summed E-state index contributed by atoms with van der Waals surface area (Å²) in [7, 11) is 1.20. The van der Waals surface area contributed by atoms with Gasteiger partial charge in [-0.05, 0) is 6.04 Å². The van der Waals surface area contributed by atoms with E-state index in [0.717, 1.165) is 6.04 Å². The van der Waals surface area contributed by atoms with Crippen molar-refractivity contribution in [1.29, 1.82) is 0 Å². The Kier molecular flexibility index (Phi) is 9.88.